The van der Waals surface area contributed by atoms with E-state index in [0.717, 1.165) is 19.3 Å². The average molecular weight is 340 g/mol. The molecule has 0 aliphatic heterocycles. The number of hydrogen-bond donors (Lipinski definition) is 1. The van der Waals surface area contributed by atoms with E-state index in [1.165, 1.54) is 83.5 Å². The summed E-state index contributed by atoms with van der Waals surface area (Å²) in [6.45, 7) is 0.645. The van der Waals surface area contributed by atoms with Gasteiger partial charge in [-0.1, -0.05) is 89.9 Å². The Kier molecular flexibility index (Phi) is 18.9. The van der Waals surface area contributed by atoms with Crippen LogP contribution in [-0.2, 0) is 9.59 Å². The summed E-state index contributed by atoms with van der Waals surface area (Å²) in [4.78, 5) is 23.8. The SMILES string of the molecule is O=C=NCCCCCCCCCCCCCCCCCCC(=O)O. The highest BCUT2D eigenvalue weighted by Crippen LogP contribution is 2.14. The van der Waals surface area contributed by atoms with Crippen LogP contribution in [0.15, 0.2) is 4.99 Å². The van der Waals surface area contributed by atoms with Crippen molar-refractivity contribution in [3.8, 4) is 0 Å². The summed E-state index contributed by atoms with van der Waals surface area (Å²) in [5, 5.41) is 8.54. The van der Waals surface area contributed by atoms with E-state index in [1.807, 2.05) is 0 Å². The second-order valence-corrected chi connectivity index (χ2v) is 6.77. The van der Waals surface area contributed by atoms with Crippen LogP contribution in [0.1, 0.15) is 109 Å². The van der Waals surface area contributed by atoms with E-state index < -0.39 is 5.97 Å². The highest BCUT2D eigenvalue weighted by molar-refractivity contribution is 5.66. The minimum Gasteiger partial charge on any atom is -0.481 e. The summed E-state index contributed by atoms with van der Waals surface area (Å²) >= 11 is 0. The van der Waals surface area contributed by atoms with Crippen molar-refractivity contribution < 1.29 is 14.7 Å². The van der Waals surface area contributed by atoms with Crippen molar-refractivity contribution in [2.75, 3.05) is 6.54 Å². The molecule has 1 N–H and O–H groups in total. The van der Waals surface area contributed by atoms with E-state index in [2.05, 4.69) is 4.99 Å². The van der Waals surface area contributed by atoms with E-state index in [-0.39, 0.29) is 0 Å². The Hall–Kier alpha value is -1.15. The van der Waals surface area contributed by atoms with Crippen LogP contribution >= 0.6 is 0 Å². The van der Waals surface area contributed by atoms with Crippen molar-refractivity contribution in [3.05, 3.63) is 0 Å². The largest absolute Gasteiger partial charge is 0.481 e. The number of isocyanates is 1. The van der Waals surface area contributed by atoms with Gasteiger partial charge in [0.15, 0.2) is 0 Å². The minimum absolute atomic E-state index is 0.328. The molecule has 24 heavy (non-hydrogen) atoms. The molecule has 0 spiro atoms. The molecular formula is C20H37NO3. The first-order valence-corrected chi connectivity index (χ1v) is 10.0. The highest BCUT2D eigenvalue weighted by Gasteiger charge is 1.97. The Morgan fingerprint density at radius 1 is 0.625 bits per heavy atom. The van der Waals surface area contributed by atoms with Gasteiger partial charge in [0, 0.05) is 6.42 Å². The predicted molar refractivity (Wildman–Crippen MR) is 99.1 cm³/mol. The molecule has 0 atom stereocenters. The molecule has 0 rings (SSSR count). The molecule has 0 saturated heterocycles. The molecule has 0 radical (unpaired) electrons. The smallest absolute Gasteiger partial charge is 0.303 e. The Morgan fingerprint density at radius 3 is 1.29 bits per heavy atom. The average Bonchev–Trinajstić information content (AvgIpc) is 2.56. The van der Waals surface area contributed by atoms with Gasteiger partial charge >= 0.3 is 5.97 Å². The molecule has 0 unspecified atom stereocenters. The van der Waals surface area contributed by atoms with Gasteiger partial charge in [-0.25, -0.2) is 9.79 Å². The van der Waals surface area contributed by atoms with Crippen LogP contribution in [0.4, 0.5) is 0 Å². The molecule has 0 heterocycles. The lowest BCUT2D eigenvalue weighted by atomic mass is 10.0. The number of rotatable bonds is 19. The molecule has 0 amide bonds. The zero-order valence-electron chi connectivity index (χ0n) is 15.4. The summed E-state index contributed by atoms with van der Waals surface area (Å²) < 4.78 is 0. The second-order valence-electron chi connectivity index (χ2n) is 6.77. The topological polar surface area (TPSA) is 66.7 Å². The van der Waals surface area contributed by atoms with Crippen molar-refractivity contribution in [1.82, 2.24) is 0 Å². The van der Waals surface area contributed by atoms with Crippen molar-refractivity contribution in [2.45, 2.75) is 109 Å². The molecule has 0 aromatic carbocycles. The number of hydrogen-bond acceptors (Lipinski definition) is 3. The highest BCUT2D eigenvalue weighted by atomic mass is 16.4. The zero-order valence-corrected chi connectivity index (χ0v) is 15.4. The summed E-state index contributed by atoms with van der Waals surface area (Å²) in [5.41, 5.74) is 0. The third-order valence-corrected chi connectivity index (χ3v) is 4.48. The van der Waals surface area contributed by atoms with E-state index in [1.54, 1.807) is 6.08 Å². The molecule has 0 aromatic heterocycles. The molecule has 0 bridgehead atoms. The summed E-state index contributed by atoms with van der Waals surface area (Å²) in [5.74, 6) is -0.667. The van der Waals surface area contributed by atoms with Gasteiger partial charge in [0.25, 0.3) is 0 Å². The van der Waals surface area contributed by atoms with E-state index in [9.17, 15) is 9.59 Å². The summed E-state index contributed by atoms with van der Waals surface area (Å²) in [6.07, 6.45) is 21.8. The molecular weight excluding hydrogens is 302 g/mol. The first-order chi connectivity index (χ1) is 11.8. The molecule has 4 nitrogen and oxygen atoms in total. The van der Waals surface area contributed by atoms with Crippen molar-refractivity contribution in [1.29, 1.82) is 0 Å². The number of aliphatic carboxylic acids is 1. The van der Waals surface area contributed by atoms with Crippen LogP contribution in [0.25, 0.3) is 0 Å². The minimum atomic E-state index is -0.667. The number of aliphatic imine (C=N–C) groups is 1. The molecule has 4 heteroatoms. The lowest BCUT2D eigenvalue weighted by Gasteiger charge is -2.03. The first-order valence-electron chi connectivity index (χ1n) is 10.0. The molecule has 0 aliphatic carbocycles. The molecule has 0 aliphatic rings. The molecule has 0 fully saturated rings. The van der Waals surface area contributed by atoms with Crippen LogP contribution in [0.3, 0.4) is 0 Å². The fourth-order valence-electron chi connectivity index (χ4n) is 2.99. The van der Waals surface area contributed by atoms with Crippen LogP contribution in [0.2, 0.25) is 0 Å². The van der Waals surface area contributed by atoms with Crippen LogP contribution in [-0.4, -0.2) is 23.7 Å². The van der Waals surface area contributed by atoms with Gasteiger partial charge in [0.1, 0.15) is 0 Å². The zero-order chi connectivity index (χ0) is 17.7. The van der Waals surface area contributed by atoms with E-state index >= 15 is 0 Å². The number of carbonyl (C=O) groups excluding carboxylic acids is 1. The Balaban J connectivity index is 3.00. The van der Waals surface area contributed by atoms with Gasteiger partial charge in [0.05, 0.1) is 6.54 Å². The van der Waals surface area contributed by atoms with Gasteiger partial charge in [-0.15, -0.1) is 0 Å². The van der Waals surface area contributed by atoms with Crippen LogP contribution in [0, 0.1) is 0 Å². The maximum absolute atomic E-state index is 10.4. The van der Waals surface area contributed by atoms with Gasteiger partial charge < -0.3 is 5.11 Å². The van der Waals surface area contributed by atoms with Crippen LogP contribution in [0.5, 0.6) is 0 Å². The second kappa shape index (κ2) is 19.9. The number of nitrogens with zero attached hydrogens (tertiary/aromatic N) is 1. The Bertz CT molecular complexity index is 307. The fourth-order valence-corrected chi connectivity index (χ4v) is 2.99. The lowest BCUT2D eigenvalue weighted by Crippen LogP contribution is -1.93. The maximum Gasteiger partial charge on any atom is 0.303 e. The maximum atomic E-state index is 10.4. The van der Waals surface area contributed by atoms with Crippen molar-refractivity contribution in [2.24, 2.45) is 4.99 Å². The number of unbranched alkanes of at least 4 members (excludes halogenated alkanes) is 15. The number of carbonyl (C=O) groups is 1. The lowest BCUT2D eigenvalue weighted by molar-refractivity contribution is -0.137. The van der Waals surface area contributed by atoms with Gasteiger partial charge in [-0.2, -0.15) is 0 Å². The predicted octanol–water partition coefficient (Wildman–Crippen LogP) is 6.04. The standard InChI is InChI=1S/C20H37NO3/c22-19-21-18-16-14-12-10-8-6-4-2-1-3-5-7-9-11-13-15-17-20(23)24/h1-18H2,(H,23,24). The van der Waals surface area contributed by atoms with Gasteiger partial charge in [-0.05, 0) is 12.8 Å². The molecule has 0 saturated carbocycles. The Labute approximate surface area is 148 Å². The van der Waals surface area contributed by atoms with Gasteiger partial charge in [-0.3, -0.25) is 4.79 Å². The third kappa shape index (κ3) is 20.9. The van der Waals surface area contributed by atoms with Crippen molar-refractivity contribution in [3.63, 3.8) is 0 Å². The number of carboxylic acid groups (broad SMARTS) is 1. The van der Waals surface area contributed by atoms with E-state index in [0.29, 0.717) is 13.0 Å². The Morgan fingerprint density at radius 2 is 0.958 bits per heavy atom. The first kappa shape index (κ1) is 22.9. The normalized spacial score (nSPS) is 10.5. The molecule has 0 aromatic rings. The monoisotopic (exact) mass is 339 g/mol. The number of carboxylic acids is 1. The quantitative estimate of drug-likeness (QED) is 0.177. The molecule has 140 valence electrons. The fraction of sp³-hybridized carbons (Fsp3) is 0.900. The summed E-state index contributed by atoms with van der Waals surface area (Å²) in [6, 6.07) is 0. The van der Waals surface area contributed by atoms with Gasteiger partial charge in [0.2, 0.25) is 6.08 Å². The van der Waals surface area contributed by atoms with E-state index in [4.69, 9.17) is 5.11 Å². The van der Waals surface area contributed by atoms with Crippen molar-refractivity contribution >= 4 is 12.0 Å². The third-order valence-electron chi connectivity index (χ3n) is 4.48. The summed E-state index contributed by atoms with van der Waals surface area (Å²) in [7, 11) is 0. The van der Waals surface area contributed by atoms with Crippen LogP contribution < -0.4 is 0 Å².